The Hall–Kier alpha value is -3.08. The highest BCUT2D eigenvalue weighted by molar-refractivity contribution is 5.89. The average Bonchev–Trinajstić information content (AvgIpc) is 3.23. The summed E-state index contributed by atoms with van der Waals surface area (Å²) in [5, 5.41) is 25.2. The Labute approximate surface area is 194 Å². The summed E-state index contributed by atoms with van der Waals surface area (Å²) >= 11 is 0. The number of hydrogen-bond donors (Lipinski definition) is 2. The van der Waals surface area contributed by atoms with Gasteiger partial charge in [-0.1, -0.05) is 12.1 Å². The monoisotopic (exact) mass is 442 g/mol. The zero-order valence-electron chi connectivity index (χ0n) is 19.0. The van der Waals surface area contributed by atoms with Crippen LogP contribution in [0.4, 0.5) is 0 Å². The van der Waals surface area contributed by atoms with Crippen LogP contribution >= 0.6 is 0 Å². The smallest absolute Gasteiger partial charge is 0.335 e. The molecule has 3 aromatic rings. The molecule has 0 unspecified atom stereocenters. The molecule has 7 rings (SSSR count). The summed E-state index contributed by atoms with van der Waals surface area (Å²) in [7, 11) is 0. The standard InChI is InChI=1S/C28H30N2O3/c1-2-30-25(21-4-3-5-22(11-21)27(32)33)13-24(29-30)20-6-7-26(31)23(12-20)28-14-17-8-18(15-28)10-19(9-17)16-28/h3-7,11-13,17-19,31H,2,8-10,14-16H2,1H3,(H,32,33). The maximum Gasteiger partial charge on any atom is 0.335 e. The molecular formula is C28H30N2O3. The van der Waals surface area contributed by atoms with E-state index in [1.807, 2.05) is 35.9 Å². The third-order valence-corrected chi connectivity index (χ3v) is 8.39. The molecule has 33 heavy (non-hydrogen) atoms. The Morgan fingerprint density at radius 2 is 1.70 bits per heavy atom. The van der Waals surface area contributed by atoms with Gasteiger partial charge in [-0.2, -0.15) is 5.10 Å². The van der Waals surface area contributed by atoms with E-state index in [2.05, 4.69) is 6.07 Å². The zero-order chi connectivity index (χ0) is 22.7. The van der Waals surface area contributed by atoms with Crippen molar-refractivity contribution in [1.29, 1.82) is 0 Å². The van der Waals surface area contributed by atoms with Crippen molar-refractivity contribution in [3.63, 3.8) is 0 Å². The molecule has 4 fully saturated rings. The van der Waals surface area contributed by atoms with Crippen LogP contribution in [0.25, 0.3) is 22.5 Å². The number of hydrogen-bond acceptors (Lipinski definition) is 3. The largest absolute Gasteiger partial charge is 0.508 e. The van der Waals surface area contributed by atoms with Crippen molar-refractivity contribution in [2.24, 2.45) is 17.8 Å². The summed E-state index contributed by atoms with van der Waals surface area (Å²) in [5.41, 5.74) is 5.11. The quantitative estimate of drug-likeness (QED) is 0.500. The molecule has 0 amide bonds. The van der Waals surface area contributed by atoms with Gasteiger partial charge >= 0.3 is 5.97 Å². The Bertz CT molecular complexity index is 1210. The molecule has 1 aromatic heterocycles. The molecule has 1 heterocycles. The number of rotatable bonds is 5. The first kappa shape index (κ1) is 20.5. The van der Waals surface area contributed by atoms with Gasteiger partial charge in [-0.05, 0) is 105 Å². The molecule has 4 aliphatic carbocycles. The number of carboxylic acid groups (broad SMARTS) is 1. The van der Waals surface area contributed by atoms with Gasteiger partial charge in [0.25, 0.3) is 0 Å². The van der Waals surface area contributed by atoms with Crippen LogP contribution in [0.3, 0.4) is 0 Å². The first-order valence-corrected chi connectivity index (χ1v) is 12.2. The van der Waals surface area contributed by atoms with Crippen molar-refractivity contribution in [1.82, 2.24) is 9.78 Å². The minimum absolute atomic E-state index is 0.112. The molecule has 0 aliphatic heterocycles. The van der Waals surface area contributed by atoms with Gasteiger partial charge in [0.1, 0.15) is 5.75 Å². The van der Waals surface area contributed by atoms with Gasteiger partial charge in [0.15, 0.2) is 0 Å². The van der Waals surface area contributed by atoms with Crippen LogP contribution in [-0.4, -0.2) is 26.0 Å². The predicted molar refractivity (Wildman–Crippen MR) is 127 cm³/mol. The van der Waals surface area contributed by atoms with E-state index in [1.54, 1.807) is 18.2 Å². The normalized spacial score (nSPS) is 27.7. The molecule has 4 aliphatic rings. The van der Waals surface area contributed by atoms with Crippen LogP contribution in [0.15, 0.2) is 48.5 Å². The minimum Gasteiger partial charge on any atom is -0.508 e. The fourth-order valence-electron chi connectivity index (χ4n) is 7.40. The second kappa shape index (κ2) is 7.47. The average molecular weight is 443 g/mol. The summed E-state index contributed by atoms with van der Waals surface area (Å²) < 4.78 is 1.92. The second-order valence-corrected chi connectivity index (χ2v) is 10.5. The van der Waals surface area contributed by atoms with Crippen LogP contribution < -0.4 is 0 Å². The van der Waals surface area contributed by atoms with Gasteiger partial charge in [0.05, 0.1) is 17.0 Å². The van der Waals surface area contributed by atoms with Gasteiger partial charge in [0.2, 0.25) is 0 Å². The van der Waals surface area contributed by atoms with E-state index >= 15 is 0 Å². The van der Waals surface area contributed by atoms with Crippen molar-refractivity contribution >= 4 is 5.97 Å². The summed E-state index contributed by atoms with van der Waals surface area (Å²) in [6.45, 7) is 2.73. The first-order valence-electron chi connectivity index (χ1n) is 12.2. The number of aromatic carboxylic acids is 1. The van der Waals surface area contributed by atoms with Crippen LogP contribution in [0, 0.1) is 17.8 Å². The molecule has 2 N–H and O–H groups in total. The number of phenols is 1. The van der Waals surface area contributed by atoms with Gasteiger partial charge < -0.3 is 10.2 Å². The Balaban J connectivity index is 1.41. The van der Waals surface area contributed by atoms with E-state index in [1.165, 1.54) is 38.5 Å². The molecule has 170 valence electrons. The van der Waals surface area contributed by atoms with Crippen LogP contribution in [-0.2, 0) is 12.0 Å². The summed E-state index contributed by atoms with van der Waals surface area (Å²) in [4.78, 5) is 11.5. The van der Waals surface area contributed by atoms with Gasteiger partial charge in [-0.3, -0.25) is 4.68 Å². The van der Waals surface area contributed by atoms with E-state index in [0.29, 0.717) is 12.3 Å². The highest BCUT2D eigenvalue weighted by atomic mass is 16.4. The van der Waals surface area contributed by atoms with Crippen molar-refractivity contribution in [2.75, 3.05) is 0 Å². The molecule has 4 bridgehead atoms. The number of carboxylic acids is 1. The van der Waals surface area contributed by atoms with Gasteiger partial charge in [-0.15, -0.1) is 0 Å². The molecule has 2 aromatic carbocycles. The topological polar surface area (TPSA) is 75.3 Å². The van der Waals surface area contributed by atoms with Crippen molar-refractivity contribution in [3.05, 3.63) is 59.7 Å². The number of benzene rings is 2. The predicted octanol–water partition coefficient (Wildman–Crippen LogP) is 6.11. The van der Waals surface area contributed by atoms with Crippen LogP contribution in [0.1, 0.15) is 61.4 Å². The molecule has 0 spiro atoms. The van der Waals surface area contributed by atoms with E-state index in [4.69, 9.17) is 5.10 Å². The van der Waals surface area contributed by atoms with E-state index in [9.17, 15) is 15.0 Å². The Kier molecular flexibility index (Phi) is 4.65. The fraction of sp³-hybridized carbons (Fsp3) is 0.429. The number of carbonyl (C=O) groups is 1. The summed E-state index contributed by atoms with van der Waals surface area (Å²) in [5.74, 6) is 1.92. The lowest BCUT2D eigenvalue weighted by Gasteiger charge is -2.57. The summed E-state index contributed by atoms with van der Waals surface area (Å²) in [6.07, 6.45) is 7.73. The number of aromatic hydroxyl groups is 1. The molecule has 0 saturated heterocycles. The van der Waals surface area contributed by atoms with Crippen LogP contribution in [0.5, 0.6) is 5.75 Å². The van der Waals surface area contributed by atoms with E-state index in [-0.39, 0.29) is 11.0 Å². The lowest BCUT2D eigenvalue weighted by molar-refractivity contribution is -0.00611. The SMILES string of the molecule is CCn1nc(-c2ccc(O)c(C34CC5CC(CC(C5)C3)C4)c2)cc1-c1cccc(C(=O)O)c1. The molecular weight excluding hydrogens is 412 g/mol. The van der Waals surface area contributed by atoms with Gasteiger partial charge in [0, 0.05) is 23.2 Å². The molecule has 5 nitrogen and oxygen atoms in total. The second-order valence-electron chi connectivity index (χ2n) is 10.5. The van der Waals surface area contributed by atoms with E-state index in [0.717, 1.165) is 45.8 Å². The number of nitrogens with zero attached hydrogens (tertiary/aromatic N) is 2. The number of aryl methyl sites for hydroxylation is 1. The lowest BCUT2D eigenvalue weighted by atomic mass is 9.48. The molecule has 4 saturated carbocycles. The maximum atomic E-state index is 11.5. The summed E-state index contributed by atoms with van der Waals surface area (Å²) in [6, 6.07) is 15.0. The number of phenolic OH excluding ortho intramolecular Hbond substituents is 1. The highest BCUT2D eigenvalue weighted by Crippen LogP contribution is 2.62. The van der Waals surface area contributed by atoms with Crippen LogP contribution in [0.2, 0.25) is 0 Å². The third kappa shape index (κ3) is 3.36. The molecule has 5 heteroatoms. The first-order chi connectivity index (χ1) is 15.9. The molecule has 0 radical (unpaired) electrons. The van der Waals surface area contributed by atoms with Crippen molar-refractivity contribution < 1.29 is 15.0 Å². The maximum absolute atomic E-state index is 11.5. The lowest BCUT2D eigenvalue weighted by Crippen LogP contribution is -2.48. The third-order valence-electron chi connectivity index (χ3n) is 8.39. The molecule has 0 atom stereocenters. The van der Waals surface area contributed by atoms with Crippen molar-refractivity contribution in [3.8, 4) is 28.3 Å². The van der Waals surface area contributed by atoms with E-state index < -0.39 is 5.97 Å². The van der Waals surface area contributed by atoms with Gasteiger partial charge in [-0.25, -0.2) is 4.79 Å². The zero-order valence-corrected chi connectivity index (χ0v) is 19.0. The highest BCUT2D eigenvalue weighted by Gasteiger charge is 2.52. The minimum atomic E-state index is -0.932. The Morgan fingerprint density at radius 3 is 2.33 bits per heavy atom. The van der Waals surface area contributed by atoms with Crippen molar-refractivity contribution in [2.45, 2.75) is 57.4 Å². The number of aromatic nitrogens is 2. The Morgan fingerprint density at radius 1 is 1.00 bits per heavy atom. The fourth-order valence-corrected chi connectivity index (χ4v) is 7.40.